The highest BCUT2D eigenvalue weighted by molar-refractivity contribution is 7.13. The zero-order chi connectivity index (χ0) is 12.8. The molecule has 0 saturated carbocycles. The standard InChI is InChI=1S/C11H9N3O2S2/c15-4-2-1-3-9-5-8(6-17-9)10(16)13-11-14-12-7-18-11/h5-7,15H,2,4H2,(H,13,14,16). The first-order valence-electron chi connectivity index (χ1n) is 5.05. The average Bonchev–Trinajstić information content (AvgIpc) is 3.00. The van der Waals surface area contributed by atoms with E-state index >= 15 is 0 Å². The Morgan fingerprint density at radius 2 is 2.39 bits per heavy atom. The number of aromatic nitrogens is 2. The molecule has 0 spiro atoms. The van der Waals surface area contributed by atoms with Crippen LogP contribution >= 0.6 is 22.7 Å². The number of thiophene rings is 1. The summed E-state index contributed by atoms with van der Waals surface area (Å²) < 4.78 is 0. The van der Waals surface area contributed by atoms with Crippen LogP contribution in [0.3, 0.4) is 0 Å². The van der Waals surface area contributed by atoms with Gasteiger partial charge in [0.15, 0.2) is 0 Å². The zero-order valence-corrected chi connectivity index (χ0v) is 10.8. The molecule has 0 bridgehead atoms. The predicted molar refractivity (Wildman–Crippen MR) is 70.8 cm³/mol. The van der Waals surface area contributed by atoms with E-state index in [0.717, 1.165) is 4.88 Å². The summed E-state index contributed by atoms with van der Waals surface area (Å²) in [6.07, 6.45) is 0.435. The molecule has 5 nitrogen and oxygen atoms in total. The van der Waals surface area contributed by atoms with Crippen molar-refractivity contribution in [3.8, 4) is 11.8 Å². The minimum atomic E-state index is -0.224. The highest BCUT2D eigenvalue weighted by Gasteiger charge is 2.09. The second-order valence-corrected chi connectivity index (χ2v) is 4.92. The first-order valence-corrected chi connectivity index (χ1v) is 6.81. The minimum Gasteiger partial charge on any atom is -0.395 e. The normalized spacial score (nSPS) is 9.61. The molecule has 92 valence electrons. The van der Waals surface area contributed by atoms with Gasteiger partial charge in [0.25, 0.3) is 5.91 Å². The van der Waals surface area contributed by atoms with Crippen LogP contribution in [-0.4, -0.2) is 27.8 Å². The second kappa shape index (κ2) is 6.26. The average molecular weight is 279 g/mol. The number of aliphatic hydroxyl groups excluding tert-OH is 1. The monoisotopic (exact) mass is 279 g/mol. The fourth-order valence-electron chi connectivity index (χ4n) is 1.12. The Balaban J connectivity index is 2.02. The molecule has 2 N–H and O–H groups in total. The number of hydrogen-bond acceptors (Lipinski definition) is 6. The number of carbonyl (C=O) groups is 1. The van der Waals surface area contributed by atoms with Crippen LogP contribution in [0.25, 0.3) is 0 Å². The van der Waals surface area contributed by atoms with E-state index in [9.17, 15) is 4.79 Å². The molecule has 0 radical (unpaired) electrons. The summed E-state index contributed by atoms with van der Waals surface area (Å²) in [4.78, 5) is 12.6. The van der Waals surface area contributed by atoms with Crippen LogP contribution in [0, 0.1) is 11.8 Å². The highest BCUT2D eigenvalue weighted by Crippen LogP contribution is 2.16. The van der Waals surface area contributed by atoms with Crippen molar-refractivity contribution in [1.82, 2.24) is 10.2 Å². The summed E-state index contributed by atoms with van der Waals surface area (Å²) in [5.74, 6) is 5.47. The molecular weight excluding hydrogens is 270 g/mol. The third-order valence-corrected chi connectivity index (χ3v) is 3.34. The number of anilines is 1. The number of rotatable bonds is 3. The van der Waals surface area contributed by atoms with Crippen molar-refractivity contribution in [2.75, 3.05) is 11.9 Å². The van der Waals surface area contributed by atoms with Crippen LogP contribution in [0.15, 0.2) is 17.0 Å². The van der Waals surface area contributed by atoms with Crippen LogP contribution in [0.4, 0.5) is 5.13 Å². The van der Waals surface area contributed by atoms with Gasteiger partial charge in [0.05, 0.1) is 17.0 Å². The van der Waals surface area contributed by atoms with E-state index in [1.807, 2.05) is 0 Å². The third kappa shape index (κ3) is 3.37. The summed E-state index contributed by atoms with van der Waals surface area (Å²) in [5, 5.41) is 20.8. The molecule has 0 aliphatic carbocycles. The molecule has 2 aromatic rings. The van der Waals surface area contributed by atoms with Gasteiger partial charge in [0, 0.05) is 11.8 Å². The lowest BCUT2D eigenvalue weighted by atomic mass is 10.3. The Hall–Kier alpha value is -1.75. The maximum atomic E-state index is 11.8. The molecule has 0 atom stereocenters. The third-order valence-electron chi connectivity index (χ3n) is 1.89. The van der Waals surface area contributed by atoms with Crippen LogP contribution in [-0.2, 0) is 0 Å². The molecule has 7 heteroatoms. The van der Waals surface area contributed by atoms with Crippen LogP contribution in [0.2, 0.25) is 0 Å². The molecule has 0 unspecified atom stereocenters. The fraction of sp³-hybridized carbons (Fsp3) is 0.182. The van der Waals surface area contributed by atoms with E-state index in [0.29, 0.717) is 17.1 Å². The largest absolute Gasteiger partial charge is 0.395 e. The molecule has 2 rings (SSSR count). The van der Waals surface area contributed by atoms with Crippen molar-refractivity contribution in [1.29, 1.82) is 0 Å². The van der Waals surface area contributed by atoms with E-state index in [1.165, 1.54) is 22.7 Å². The van der Waals surface area contributed by atoms with Gasteiger partial charge in [0.1, 0.15) is 5.51 Å². The Bertz CT molecular complexity index is 581. The van der Waals surface area contributed by atoms with E-state index in [-0.39, 0.29) is 12.5 Å². The van der Waals surface area contributed by atoms with Crippen molar-refractivity contribution in [2.24, 2.45) is 0 Å². The summed E-state index contributed by atoms with van der Waals surface area (Å²) >= 11 is 2.66. The molecular formula is C11H9N3O2S2. The van der Waals surface area contributed by atoms with Gasteiger partial charge in [-0.1, -0.05) is 23.2 Å². The Kier molecular flexibility index (Phi) is 4.41. The van der Waals surface area contributed by atoms with E-state index < -0.39 is 0 Å². The van der Waals surface area contributed by atoms with E-state index in [4.69, 9.17) is 5.11 Å². The lowest BCUT2D eigenvalue weighted by Gasteiger charge is -1.96. The van der Waals surface area contributed by atoms with Gasteiger partial charge in [-0.05, 0) is 6.07 Å². The number of amides is 1. The van der Waals surface area contributed by atoms with Crippen LogP contribution in [0.1, 0.15) is 21.7 Å². The van der Waals surface area contributed by atoms with Crippen molar-refractivity contribution in [3.63, 3.8) is 0 Å². The van der Waals surface area contributed by atoms with Crippen molar-refractivity contribution >= 4 is 33.7 Å². The van der Waals surface area contributed by atoms with Crippen molar-refractivity contribution < 1.29 is 9.90 Å². The molecule has 0 aliphatic rings. The summed E-state index contributed by atoms with van der Waals surface area (Å²) in [7, 11) is 0. The first-order chi connectivity index (χ1) is 8.79. The molecule has 0 aliphatic heterocycles. The summed E-state index contributed by atoms with van der Waals surface area (Å²) in [6.45, 7) is 0.0444. The number of nitrogens with zero attached hydrogens (tertiary/aromatic N) is 2. The van der Waals surface area contributed by atoms with E-state index in [2.05, 4.69) is 27.4 Å². The minimum absolute atomic E-state index is 0.0444. The smallest absolute Gasteiger partial charge is 0.258 e. The van der Waals surface area contributed by atoms with Gasteiger partial charge in [-0.25, -0.2) is 0 Å². The fourth-order valence-corrected chi connectivity index (χ4v) is 2.32. The second-order valence-electron chi connectivity index (χ2n) is 3.17. The lowest BCUT2D eigenvalue weighted by Crippen LogP contribution is -2.10. The molecule has 0 fully saturated rings. The van der Waals surface area contributed by atoms with Crippen molar-refractivity contribution in [3.05, 3.63) is 27.4 Å². The topological polar surface area (TPSA) is 75.1 Å². The Morgan fingerprint density at radius 3 is 3.11 bits per heavy atom. The number of carbonyl (C=O) groups excluding carboxylic acids is 1. The summed E-state index contributed by atoms with van der Waals surface area (Å²) in [5.41, 5.74) is 2.10. The quantitative estimate of drug-likeness (QED) is 0.837. The Labute approximate surface area is 112 Å². The Morgan fingerprint density at radius 1 is 1.50 bits per heavy atom. The SMILES string of the molecule is O=C(Nc1nncs1)c1csc(C#CCCO)c1. The van der Waals surface area contributed by atoms with Gasteiger partial charge in [-0.2, -0.15) is 0 Å². The molecule has 2 aromatic heterocycles. The lowest BCUT2D eigenvalue weighted by molar-refractivity contribution is 0.102. The van der Waals surface area contributed by atoms with Crippen molar-refractivity contribution in [2.45, 2.75) is 6.42 Å². The predicted octanol–water partition coefficient (Wildman–Crippen LogP) is 1.59. The summed E-state index contributed by atoms with van der Waals surface area (Å²) in [6, 6.07) is 1.71. The van der Waals surface area contributed by atoms with Gasteiger partial charge < -0.3 is 5.11 Å². The molecule has 18 heavy (non-hydrogen) atoms. The van der Waals surface area contributed by atoms with E-state index in [1.54, 1.807) is 17.0 Å². The molecule has 1 amide bonds. The van der Waals surface area contributed by atoms with Gasteiger partial charge in [-0.15, -0.1) is 21.5 Å². The van der Waals surface area contributed by atoms with Gasteiger partial charge in [-0.3, -0.25) is 10.1 Å². The maximum Gasteiger partial charge on any atom is 0.258 e. The molecule has 0 aromatic carbocycles. The number of nitrogens with one attached hydrogen (secondary N) is 1. The molecule has 2 heterocycles. The first kappa shape index (κ1) is 12.7. The van der Waals surface area contributed by atoms with Crippen LogP contribution < -0.4 is 5.32 Å². The molecule has 0 saturated heterocycles. The zero-order valence-electron chi connectivity index (χ0n) is 9.21. The van der Waals surface area contributed by atoms with Gasteiger partial charge >= 0.3 is 0 Å². The van der Waals surface area contributed by atoms with Gasteiger partial charge in [0.2, 0.25) is 5.13 Å². The highest BCUT2D eigenvalue weighted by atomic mass is 32.1. The number of aliphatic hydroxyl groups is 1. The maximum absolute atomic E-state index is 11.8. The van der Waals surface area contributed by atoms with Crippen LogP contribution in [0.5, 0.6) is 0 Å². The number of hydrogen-bond donors (Lipinski definition) is 2.